The Bertz CT molecular complexity index is 1070. The Labute approximate surface area is 193 Å². The molecule has 2 atom stereocenters. The number of cyclic esters (lactones) is 1. The van der Waals surface area contributed by atoms with Gasteiger partial charge in [-0.05, 0) is 48.7 Å². The first-order valence-corrected chi connectivity index (χ1v) is 10.5. The monoisotopic (exact) mass is 479 g/mol. The van der Waals surface area contributed by atoms with E-state index in [0.717, 1.165) is 18.5 Å². The second-order valence-electron chi connectivity index (χ2n) is 8.04. The molecule has 1 heterocycles. The lowest BCUT2D eigenvalue weighted by Crippen LogP contribution is -2.23. The van der Waals surface area contributed by atoms with E-state index >= 15 is 0 Å². The second-order valence-corrected chi connectivity index (χ2v) is 8.04. The first-order valence-electron chi connectivity index (χ1n) is 10.5. The molecule has 8 nitrogen and oxygen atoms in total. The smallest absolute Gasteiger partial charge is 0.475 e. The van der Waals surface area contributed by atoms with E-state index in [-0.39, 0.29) is 17.5 Å². The summed E-state index contributed by atoms with van der Waals surface area (Å²) in [6.45, 7) is 2.97. The number of hydrogen-bond acceptors (Lipinski definition) is 5. The standard InChI is InChI=1S/C21H23N3O3.C2HF3O2/c1-2-21(22)13-18(21)14-6-8-16(9-7-14)23-19(25)15-4-3-5-17(12-15)24-10-11-27-20(24)26;3-2(4,5)1(6)7/h3-9,12,18H,2,10-11,13,22H2,1H3,(H,23,25);(H,6,7)/t18-,21-;/m0./s1. The number of ether oxygens (including phenoxy) is 1. The molecule has 4 N–H and O–H groups in total. The number of benzene rings is 2. The molecule has 2 aliphatic rings. The summed E-state index contributed by atoms with van der Waals surface area (Å²) >= 11 is 0. The lowest BCUT2D eigenvalue weighted by Gasteiger charge is -2.14. The zero-order chi connectivity index (χ0) is 25.1. The van der Waals surface area contributed by atoms with Crippen molar-refractivity contribution >= 4 is 29.3 Å². The lowest BCUT2D eigenvalue weighted by atomic mass is 10.0. The number of hydrogen-bond donors (Lipinski definition) is 3. The molecular formula is C23H24F3N3O5. The highest BCUT2D eigenvalue weighted by Crippen LogP contribution is 2.51. The summed E-state index contributed by atoms with van der Waals surface area (Å²) in [7, 11) is 0. The fourth-order valence-electron chi connectivity index (χ4n) is 3.61. The first kappa shape index (κ1) is 25.0. The molecule has 34 heavy (non-hydrogen) atoms. The number of halogens is 3. The minimum Gasteiger partial charge on any atom is -0.475 e. The Balaban J connectivity index is 0.000000406. The van der Waals surface area contributed by atoms with Gasteiger partial charge in [-0.2, -0.15) is 13.2 Å². The van der Waals surface area contributed by atoms with Crippen LogP contribution >= 0.6 is 0 Å². The van der Waals surface area contributed by atoms with Crippen LogP contribution in [-0.4, -0.2) is 47.9 Å². The molecule has 1 saturated heterocycles. The van der Waals surface area contributed by atoms with Gasteiger partial charge in [-0.1, -0.05) is 25.1 Å². The quantitative estimate of drug-likeness (QED) is 0.593. The summed E-state index contributed by atoms with van der Waals surface area (Å²) in [6.07, 6.45) is -3.48. The van der Waals surface area contributed by atoms with Gasteiger partial charge in [-0.25, -0.2) is 9.59 Å². The Kier molecular flexibility index (Phi) is 7.15. The highest BCUT2D eigenvalue weighted by molar-refractivity contribution is 6.05. The Hall–Kier alpha value is -3.60. The number of carbonyl (C=O) groups is 3. The number of aliphatic carboxylic acids is 1. The fourth-order valence-corrected chi connectivity index (χ4v) is 3.61. The molecule has 2 aromatic carbocycles. The summed E-state index contributed by atoms with van der Waals surface area (Å²) in [5, 5.41) is 10.0. The Morgan fingerprint density at radius 3 is 2.38 bits per heavy atom. The molecule has 4 rings (SSSR count). The number of carboxylic acid groups (broad SMARTS) is 1. The van der Waals surface area contributed by atoms with E-state index in [4.69, 9.17) is 20.4 Å². The van der Waals surface area contributed by atoms with Crippen molar-refractivity contribution in [2.45, 2.75) is 37.4 Å². The summed E-state index contributed by atoms with van der Waals surface area (Å²) in [4.78, 5) is 34.7. The molecule has 1 aliphatic heterocycles. The van der Waals surface area contributed by atoms with Crippen LogP contribution in [0.3, 0.4) is 0 Å². The summed E-state index contributed by atoms with van der Waals surface area (Å²) in [5.74, 6) is -2.57. The molecule has 0 radical (unpaired) electrons. The van der Waals surface area contributed by atoms with Gasteiger partial charge in [0, 0.05) is 28.4 Å². The molecular weight excluding hydrogens is 455 g/mol. The largest absolute Gasteiger partial charge is 0.490 e. The van der Waals surface area contributed by atoms with Crippen molar-refractivity contribution in [3.05, 3.63) is 59.7 Å². The van der Waals surface area contributed by atoms with E-state index in [1.807, 2.05) is 24.3 Å². The zero-order valence-electron chi connectivity index (χ0n) is 18.3. The Morgan fingerprint density at radius 2 is 1.88 bits per heavy atom. The van der Waals surface area contributed by atoms with Crippen molar-refractivity contribution < 1.29 is 37.4 Å². The summed E-state index contributed by atoms with van der Waals surface area (Å²) in [6, 6.07) is 14.8. The van der Waals surface area contributed by atoms with Crippen LogP contribution in [0, 0.1) is 0 Å². The highest BCUT2D eigenvalue weighted by atomic mass is 19.4. The SMILES string of the molecule is CC[C@]1(N)C[C@H]1c1ccc(NC(=O)c2cccc(N3CCOC3=O)c2)cc1.O=C(O)C(F)(F)F. The van der Waals surface area contributed by atoms with Crippen LogP contribution in [0.15, 0.2) is 48.5 Å². The zero-order valence-corrected chi connectivity index (χ0v) is 18.3. The van der Waals surface area contributed by atoms with Gasteiger partial charge in [0.2, 0.25) is 0 Å². The van der Waals surface area contributed by atoms with Crippen molar-refractivity contribution in [2.24, 2.45) is 5.73 Å². The molecule has 0 unspecified atom stereocenters. The third-order valence-electron chi connectivity index (χ3n) is 5.77. The molecule has 1 saturated carbocycles. The van der Waals surface area contributed by atoms with Gasteiger partial charge < -0.3 is 20.9 Å². The van der Waals surface area contributed by atoms with E-state index in [0.29, 0.717) is 30.3 Å². The molecule has 11 heteroatoms. The molecule has 1 aliphatic carbocycles. The maximum absolute atomic E-state index is 12.6. The number of carbonyl (C=O) groups excluding carboxylic acids is 2. The van der Waals surface area contributed by atoms with Crippen molar-refractivity contribution in [1.82, 2.24) is 0 Å². The number of nitrogens with zero attached hydrogens (tertiary/aromatic N) is 1. The topological polar surface area (TPSA) is 122 Å². The van der Waals surface area contributed by atoms with Crippen LogP contribution in [0.1, 0.15) is 41.6 Å². The predicted molar refractivity (Wildman–Crippen MR) is 118 cm³/mol. The molecule has 2 amide bonds. The number of rotatable bonds is 5. The van der Waals surface area contributed by atoms with Gasteiger partial charge in [-0.3, -0.25) is 9.69 Å². The third-order valence-corrected chi connectivity index (χ3v) is 5.77. The van der Waals surface area contributed by atoms with E-state index < -0.39 is 12.1 Å². The molecule has 0 spiro atoms. The van der Waals surface area contributed by atoms with Crippen LogP contribution in [0.4, 0.5) is 29.3 Å². The number of anilines is 2. The van der Waals surface area contributed by atoms with E-state index in [9.17, 15) is 22.8 Å². The highest BCUT2D eigenvalue weighted by Gasteiger charge is 2.49. The average Bonchev–Trinajstić information content (AvgIpc) is 3.30. The first-order chi connectivity index (χ1) is 15.9. The number of nitrogens with one attached hydrogen (secondary N) is 1. The van der Waals surface area contributed by atoms with Crippen molar-refractivity contribution in [1.29, 1.82) is 0 Å². The maximum atomic E-state index is 12.6. The van der Waals surface area contributed by atoms with Gasteiger partial charge in [0.1, 0.15) is 6.61 Å². The van der Waals surface area contributed by atoms with Crippen LogP contribution in [-0.2, 0) is 9.53 Å². The molecule has 2 fully saturated rings. The third kappa shape index (κ3) is 5.84. The summed E-state index contributed by atoms with van der Waals surface area (Å²) in [5.41, 5.74) is 9.32. The Morgan fingerprint density at radius 1 is 1.24 bits per heavy atom. The van der Waals surface area contributed by atoms with Gasteiger partial charge in [0.05, 0.1) is 6.54 Å². The minimum absolute atomic E-state index is 0.0675. The molecule has 0 aromatic heterocycles. The van der Waals surface area contributed by atoms with Crippen LogP contribution in [0.25, 0.3) is 0 Å². The van der Waals surface area contributed by atoms with Crippen molar-refractivity contribution in [2.75, 3.05) is 23.4 Å². The lowest BCUT2D eigenvalue weighted by molar-refractivity contribution is -0.192. The van der Waals surface area contributed by atoms with Gasteiger partial charge in [0.25, 0.3) is 5.91 Å². The normalized spacial score (nSPS) is 21.3. The molecule has 2 aromatic rings. The minimum atomic E-state index is -5.08. The fraction of sp³-hybridized carbons (Fsp3) is 0.348. The number of nitrogens with two attached hydrogens (primary N) is 1. The number of carboxylic acids is 1. The number of amides is 2. The predicted octanol–water partition coefficient (Wildman–Crippen LogP) is 4.12. The van der Waals surface area contributed by atoms with E-state index in [1.165, 1.54) is 10.5 Å². The number of alkyl halides is 3. The van der Waals surface area contributed by atoms with E-state index in [2.05, 4.69) is 12.2 Å². The summed E-state index contributed by atoms with van der Waals surface area (Å²) < 4.78 is 36.7. The maximum Gasteiger partial charge on any atom is 0.490 e. The molecule has 0 bridgehead atoms. The molecule has 182 valence electrons. The van der Waals surface area contributed by atoms with Gasteiger partial charge >= 0.3 is 18.2 Å². The average molecular weight is 479 g/mol. The van der Waals surface area contributed by atoms with Crippen LogP contribution in [0.2, 0.25) is 0 Å². The van der Waals surface area contributed by atoms with Crippen LogP contribution in [0.5, 0.6) is 0 Å². The van der Waals surface area contributed by atoms with Crippen molar-refractivity contribution in [3.63, 3.8) is 0 Å². The van der Waals surface area contributed by atoms with Crippen LogP contribution < -0.4 is 16.0 Å². The van der Waals surface area contributed by atoms with Gasteiger partial charge in [-0.15, -0.1) is 0 Å². The van der Waals surface area contributed by atoms with E-state index in [1.54, 1.807) is 24.3 Å². The van der Waals surface area contributed by atoms with Crippen molar-refractivity contribution in [3.8, 4) is 0 Å². The van der Waals surface area contributed by atoms with Gasteiger partial charge in [0.15, 0.2) is 0 Å². The second kappa shape index (κ2) is 9.72.